The zero-order valence-corrected chi connectivity index (χ0v) is 39.7. The Morgan fingerprint density at radius 2 is 0.812 bits per heavy atom. The van der Waals surface area contributed by atoms with Gasteiger partial charge in [-0.1, -0.05) is 169 Å². The minimum atomic E-state index is -0.961. The van der Waals surface area contributed by atoms with Gasteiger partial charge in [-0.2, -0.15) is 0 Å². The van der Waals surface area contributed by atoms with Gasteiger partial charge in [0, 0.05) is 57.3 Å². The van der Waals surface area contributed by atoms with Crippen molar-refractivity contribution in [3.8, 4) is 0 Å². The molecule has 0 atom stereocenters. The fraction of sp³-hybridized carbons (Fsp3) is 0.115. The van der Waals surface area contributed by atoms with Crippen LogP contribution in [0.5, 0.6) is 0 Å². The Morgan fingerprint density at radius 3 is 1.22 bits per heavy atom. The number of hydrogen-bond donors (Lipinski definition) is 1. The lowest BCUT2D eigenvalue weighted by molar-refractivity contribution is 0.0598. The van der Waals surface area contributed by atoms with Gasteiger partial charge in [-0.05, 0) is 130 Å². The first-order valence-corrected chi connectivity index (χ1v) is 23.7. The van der Waals surface area contributed by atoms with Crippen LogP contribution in [0.4, 0.5) is 0 Å². The Labute approximate surface area is 412 Å². The summed E-state index contributed by atoms with van der Waals surface area (Å²) in [5.41, 5.74) is 14.6. The highest BCUT2D eigenvalue weighted by molar-refractivity contribution is 6.31. The van der Waals surface area contributed by atoms with Crippen LogP contribution in [0.25, 0.3) is 21.8 Å². The maximum absolute atomic E-state index is 12.3. The van der Waals surface area contributed by atoms with Gasteiger partial charge in [0.25, 0.3) is 0 Å². The number of aromatic nitrogens is 2. The number of methoxy groups -OCH3 is 1. The largest absolute Gasteiger partial charge is 0.478 e. The first-order valence-electron chi connectivity index (χ1n) is 22.9. The monoisotopic (exact) mass is 944 g/mol. The van der Waals surface area contributed by atoms with Crippen LogP contribution in [0.15, 0.2) is 207 Å². The molecule has 10 aromatic rings. The second kappa shape index (κ2) is 21.5. The molecule has 0 saturated carbocycles. The smallest absolute Gasteiger partial charge is 0.338 e. The Morgan fingerprint density at radius 1 is 0.435 bits per heavy atom. The van der Waals surface area contributed by atoms with E-state index in [1.54, 1.807) is 18.2 Å². The highest BCUT2D eigenvalue weighted by Crippen LogP contribution is 2.30. The zero-order valence-electron chi connectivity index (χ0n) is 38.2. The number of esters is 1. The van der Waals surface area contributed by atoms with Crippen LogP contribution in [-0.4, -0.2) is 33.3 Å². The molecule has 2 heterocycles. The predicted molar refractivity (Wildman–Crippen MR) is 280 cm³/mol. The lowest BCUT2D eigenvalue weighted by Gasteiger charge is -2.10. The third-order valence-electron chi connectivity index (χ3n) is 12.5. The summed E-state index contributed by atoms with van der Waals surface area (Å²) >= 11 is 12.2. The van der Waals surface area contributed by atoms with Crippen molar-refractivity contribution in [3.05, 3.63) is 283 Å². The Bertz CT molecular complexity index is 3380. The highest BCUT2D eigenvalue weighted by Gasteiger charge is 2.17. The van der Waals surface area contributed by atoms with E-state index in [1.807, 2.05) is 36.4 Å². The molecule has 0 unspecified atom stereocenters. The number of carboxylic acid groups (broad SMARTS) is 1. The van der Waals surface area contributed by atoms with Crippen molar-refractivity contribution in [1.82, 2.24) is 9.13 Å². The zero-order chi connectivity index (χ0) is 47.7. The molecule has 0 fully saturated rings. The normalized spacial score (nSPS) is 11.1. The maximum atomic E-state index is 12.3. The summed E-state index contributed by atoms with van der Waals surface area (Å²) < 4.78 is 9.62. The van der Waals surface area contributed by atoms with Crippen LogP contribution in [0.2, 0.25) is 10.0 Å². The van der Waals surface area contributed by atoms with E-state index in [9.17, 15) is 14.7 Å². The molecule has 0 bridgehead atoms. The van der Waals surface area contributed by atoms with E-state index in [0.717, 1.165) is 48.2 Å². The van der Waals surface area contributed by atoms with Gasteiger partial charge in [0.15, 0.2) is 0 Å². The number of carboxylic acids is 1. The standard InChI is InChI=1S/C31H26ClNO2.C30H24ClNO2/c1-35-31(34)29-19-27(32)14-13-25(29)17-24-12-15-30-28(18-24)26(16-22-8-4-2-5-9-22)21-33(30)20-23-10-6-3-7-11-23;31-26-13-12-24(28(18-26)30(33)34)16-23-11-14-29-27(17-23)25(15-21-7-3-1-4-8-21)20-32(29)19-22-9-5-2-6-10-22/h2-15,18-19,21H,16-17,20H2,1H3;1-14,17-18,20H,15-16,19H2,(H,33,34). The molecule has 0 aliphatic heterocycles. The number of halogens is 2. The van der Waals surface area contributed by atoms with Crippen LogP contribution in [0.3, 0.4) is 0 Å². The second-order valence-corrected chi connectivity index (χ2v) is 18.2. The van der Waals surface area contributed by atoms with Crippen molar-refractivity contribution in [2.45, 2.75) is 38.8 Å². The molecule has 1 N–H and O–H groups in total. The van der Waals surface area contributed by atoms with E-state index in [4.69, 9.17) is 27.9 Å². The van der Waals surface area contributed by atoms with Crippen molar-refractivity contribution < 1.29 is 19.4 Å². The highest BCUT2D eigenvalue weighted by atomic mass is 35.5. The number of carbonyl (C=O) groups excluding carboxylic acids is 1. The van der Waals surface area contributed by atoms with E-state index < -0.39 is 5.97 Å². The molecule has 0 spiro atoms. The number of hydrogen-bond acceptors (Lipinski definition) is 3. The predicted octanol–water partition coefficient (Wildman–Crippen LogP) is 14.5. The van der Waals surface area contributed by atoms with Crippen molar-refractivity contribution in [3.63, 3.8) is 0 Å². The summed E-state index contributed by atoms with van der Waals surface area (Å²) in [5.74, 6) is -1.33. The average molecular weight is 946 g/mol. The van der Waals surface area contributed by atoms with Gasteiger partial charge in [-0.3, -0.25) is 0 Å². The lowest BCUT2D eigenvalue weighted by Crippen LogP contribution is -2.06. The molecule has 2 aromatic heterocycles. The summed E-state index contributed by atoms with van der Waals surface area (Å²) in [7, 11) is 1.39. The van der Waals surface area contributed by atoms with Crippen LogP contribution in [0.1, 0.15) is 76.4 Å². The van der Waals surface area contributed by atoms with Crippen molar-refractivity contribution in [1.29, 1.82) is 0 Å². The summed E-state index contributed by atoms with van der Waals surface area (Å²) in [6.45, 7) is 1.61. The molecule has 0 aliphatic carbocycles. The van der Waals surface area contributed by atoms with Gasteiger partial charge in [0.2, 0.25) is 0 Å². The van der Waals surface area contributed by atoms with Gasteiger partial charge in [0.05, 0.1) is 18.2 Å². The number of carbonyl (C=O) groups is 2. The van der Waals surface area contributed by atoms with E-state index in [0.29, 0.717) is 28.5 Å². The minimum Gasteiger partial charge on any atom is -0.478 e. The van der Waals surface area contributed by atoms with E-state index >= 15 is 0 Å². The molecule has 6 nitrogen and oxygen atoms in total. The lowest BCUT2D eigenvalue weighted by atomic mass is 9.97. The third kappa shape index (κ3) is 11.4. The Kier molecular flexibility index (Phi) is 14.5. The minimum absolute atomic E-state index is 0.249. The van der Waals surface area contributed by atoms with Gasteiger partial charge in [-0.25, -0.2) is 9.59 Å². The molecular formula is C61H50Cl2N2O4. The Balaban J connectivity index is 0.000000172. The number of nitrogens with zero attached hydrogens (tertiary/aromatic N) is 2. The van der Waals surface area contributed by atoms with Gasteiger partial charge >= 0.3 is 11.9 Å². The third-order valence-corrected chi connectivity index (χ3v) is 13.0. The molecule has 8 aromatic carbocycles. The number of rotatable bonds is 14. The van der Waals surface area contributed by atoms with Gasteiger partial charge in [0.1, 0.15) is 0 Å². The van der Waals surface area contributed by atoms with Crippen LogP contribution >= 0.6 is 23.2 Å². The van der Waals surface area contributed by atoms with Crippen molar-refractivity contribution in [2.75, 3.05) is 7.11 Å². The number of aromatic carboxylic acids is 1. The fourth-order valence-electron chi connectivity index (χ4n) is 9.14. The summed E-state index contributed by atoms with van der Waals surface area (Å²) in [4.78, 5) is 24.1. The van der Waals surface area contributed by atoms with Gasteiger partial charge in [-0.15, -0.1) is 0 Å². The second-order valence-electron chi connectivity index (χ2n) is 17.3. The number of ether oxygens (including phenoxy) is 1. The molecule has 10 rings (SSSR count). The molecule has 0 saturated heterocycles. The average Bonchev–Trinajstić information content (AvgIpc) is 3.88. The van der Waals surface area contributed by atoms with E-state index in [2.05, 4.69) is 155 Å². The quantitative estimate of drug-likeness (QED) is 0.110. The van der Waals surface area contributed by atoms with Gasteiger partial charge < -0.3 is 19.0 Å². The molecule has 342 valence electrons. The summed E-state index contributed by atoms with van der Waals surface area (Å²) in [6.07, 6.45) is 7.37. The van der Waals surface area contributed by atoms with Crippen LogP contribution in [-0.2, 0) is 43.5 Å². The fourth-order valence-corrected chi connectivity index (χ4v) is 9.48. The number of fused-ring (bicyclic) bond motifs is 2. The molecular weight excluding hydrogens is 896 g/mol. The Hall–Kier alpha value is -7.64. The van der Waals surface area contributed by atoms with Crippen LogP contribution in [0, 0.1) is 0 Å². The number of benzene rings is 8. The summed E-state index contributed by atoms with van der Waals surface area (Å²) in [6, 6.07) is 65.5. The molecule has 69 heavy (non-hydrogen) atoms. The molecule has 0 aliphatic rings. The maximum Gasteiger partial charge on any atom is 0.338 e. The topological polar surface area (TPSA) is 73.5 Å². The van der Waals surface area contributed by atoms with E-state index in [1.165, 1.54) is 68.4 Å². The van der Waals surface area contributed by atoms with E-state index in [-0.39, 0.29) is 11.5 Å². The van der Waals surface area contributed by atoms with Crippen LogP contribution < -0.4 is 0 Å². The van der Waals surface area contributed by atoms with Crippen molar-refractivity contribution >= 4 is 56.9 Å². The first kappa shape index (κ1) is 46.5. The first-order chi connectivity index (χ1) is 33.7. The SMILES string of the molecule is COC(=O)c1cc(Cl)ccc1Cc1ccc2c(c1)c(Cc1ccccc1)cn2Cc1ccccc1.O=C(O)c1cc(Cl)ccc1Cc1ccc2c(c1)c(Cc1ccccc1)cn2Cc1ccccc1. The molecule has 0 amide bonds. The molecule has 8 heteroatoms. The summed E-state index contributed by atoms with van der Waals surface area (Å²) in [5, 5.41) is 13.0. The van der Waals surface area contributed by atoms with Crippen molar-refractivity contribution in [2.24, 2.45) is 0 Å². The molecule has 0 radical (unpaired) electrons.